The molecule has 1 N–H and O–H groups in total. The predicted octanol–water partition coefficient (Wildman–Crippen LogP) is 0.410. The molecule has 0 saturated carbocycles. The van der Waals surface area contributed by atoms with Crippen molar-refractivity contribution in [2.75, 3.05) is 47.4 Å². The van der Waals surface area contributed by atoms with Crippen molar-refractivity contribution >= 4 is 12.0 Å². The number of likely N-dealkylation sites (N-methyl/N-ethyl adjacent to an activating group) is 3. The fourth-order valence-electron chi connectivity index (χ4n) is 2.77. The number of urea groups is 1. The molecular formula is C14H27N3O4. The summed E-state index contributed by atoms with van der Waals surface area (Å²) in [6.45, 7) is 5.71. The Hall–Kier alpha value is -1.34. The summed E-state index contributed by atoms with van der Waals surface area (Å²) in [5, 5.41) is 9.20. The second-order valence-corrected chi connectivity index (χ2v) is 5.84. The Bertz CT molecular complexity index is 375. The van der Waals surface area contributed by atoms with Crippen molar-refractivity contribution in [2.24, 2.45) is 5.92 Å². The third kappa shape index (κ3) is 4.31. The number of rotatable bonds is 6. The highest BCUT2D eigenvalue weighted by atomic mass is 16.5. The highest BCUT2D eigenvalue weighted by Gasteiger charge is 2.39. The Morgan fingerprint density at radius 1 is 1.29 bits per heavy atom. The highest BCUT2D eigenvalue weighted by molar-refractivity contribution is 5.77. The normalized spacial score (nSPS) is 23.1. The van der Waals surface area contributed by atoms with Crippen molar-refractivity contribution in [3.05, 3.63) is 0 Å². The number of nitrogens with zero attached hydrogens (tertiary/aromatic N) is 3. The Morgan fingerprint density at radius 3 is 2.38 bits per heavy atom. The van der Waals surface area contributed by atoms with Crippen LogP contribution in [0.15, 0.2) is 0 Å². The number of aliphatic carboxylic acids is 1. The first-order valence-electron chi connectivity index (χ1n) is 7.28. The zero-order valence-corrected chi connectivity index (χ0v) is 13.6. The first-order valence-corrected chi connectivity index (χ1v) is 7.28. The van der Waals surface area contributed by atoms with Gasteiger partial charge < -0.3 is 24.5 Å². The molecule has 0 spiro atoms. The van der Waals surface area contributed by atoms with Gasteiger partial charge in [0.1, 0.15) is 5.92 Å². The molecule has 3 atom stereocenters. The lowest BCUT2D eigenvalue weighted by atomic mass is 10.0. The molecule has 1 rings (SSSR count). The summed E-state index contributed by atoms with van der Waals surface area (Å²) in [7, 11) is 5.58. The number of amides is 2. The molecule has 0 bridgehead atoms. The monoisotopic (exact) mass is 301 g/mol. The molecule has 1 heterocycles. The van der Waals surface area contributed by atoms with E-state index in [0.29, 0.717) is 6.54 Å². The molecule has 0 radical (unpaired) electrons. The van der Waals surface area contributed by atoms with E-state index in [4.69, 9.17) is 4.74 Å². The Balaban J connectivity index is 2.77. The molecular weight excluding hydrogens is 274 g/mol. The zero-order chi connectivity index (χ0) is 16.2. The lowest BCUT2D eigenvalue weighted by Crippen LogP contribution is -2.53. The first kappa shape index (κ1) is 17.7. The van der Waals surface area contributed by atoms with Crippen LogP contribution in [0.5, 0.6) is 0 Å². The molecule has 1 saturated heterocycles. The summed E-state index contributed by atoms with van der Waals surface area (Å²) >= 11 is 0. The van der Waals surface area contributed by atoms with E-state index >= 15 is 0 Å². The van der Waals surface area contributed by atoms with E-state index < -0.39 is 17.9 Å². The van der Waals surface area contributed by atoms with Gasteiger partial charge >= 0.3 is 12.0 Å². The van der Waals surface area contributed by atoms with Crippen LogP contribution in [0, 0.1) is 5.92 Å². The summed E-state index contributed by atoms with van der Waals surface area (Å²) in [5.41, 5.74) is 0. The molecule has 1 aliphatic heterocycles. The standard InChI is InChI=1S/C14H27N3O4/c1-6-17(10(2)7-15(3)4)14(20)16(5)12-9-21-8-11(12)13(18)19/h10-12H,6-9H2,1-5H3,(H,18,19). The molecule has 0 aromatic rings. The smallest absolute Gasteiger partial charge is 0.320 e. The van der Waals surface area contributed by atoms with Crippen LogP contribution < -0.4 is 0 Å². The second-order valence-electron chi connectivity index (χ2n) is 5.84. The van der Waals surface area contributed by atoms with Crippen LogP contribution in [0.4, 0.5) is 4.79 Å². The van der Waals surface area contributed by atoms with Gasteiger partial charge in [-0.05, 0) is 27.9 Å². The number of carboxylic acids is 1. The van der Waals surface area contributed by atoms with Gasteiger partial charge in [-0.3, -0.25) is 4.79 Å². The average Bonchev–Trinajstić information content (AvgIpc) is 2.86. The van der Waals surface area contributed by atoms with Crippen molar-refractivity contribution in [1.29, 1.82) is 0 Å². The van der Waals surface area contributed by atoms with E-state index in [2.05, 4.69) is 0 Å². The molecule has 1 aliphatic rings. The summed E-state index contributed by atoms with van der Waals surface area (Å²) in [5.74, 6) is -1.57. The SMILES string of the molecule is CCN(C(=O)N(C)C1COCC1C(=O)O)C(C)CN(C)C. The molecule has 0 aliphatic carbocycles. The summed E-state index contributed by atoms with van der Waals surface area (Å²) in [6, 6.07) is -0.491. The largest absolute Gasteiger partial charge is 0.481 e. The fraction of sp³-hybridized carbons (Fsp3) is 0.857. The Kier molecular flexibility index (Phi) is 6.42. The maximum Gasteiger partial charge on any atom is 0.320 e. The van der Waals surface area contributed by atoms with Crippen molar-refractivity contribution in [1.82, 2.24) is 14.7 Å². The van der Waals surface area contributed by atoms with Crippen molar-refractivity contribution in [2.45, 2.75) is 25.9 Å². The van der Waals surface area contributed by atoms with E-state index in [1.807, 2.05) is 32.8 Å². The van der Waals surface area contributed by atoms with Gasteiger partial charge in [0.2, 0.25) is 0 Å². The second kappa shape index (κ2) is 7.61. The molecule has 1 fully saturated rings. The van der Waals surface area contributed by atoms with Crippen LogP contribution in [0.2, 0.25) is 0 Å². The van der Waals surface area contributed by atoms with Gasteiger partial charge in [0.05, 0.1) is 19.3 Å². The topological polar surface area (TPSA) is 73.3 Å². The molecule has 21 heavy (non-hydrogen) atoms. The predicted molar refractivity (Wildman–Crippen MR) is 79.3 cm³/mol. The molecule has 3 unspecified atom stereocenters. The van der Waals surface area contributed by atoms with Crippen LogP contribution in [0.25, 0.3) is 0 Å². The Labute approximate surface area is 126 Å². The maximum absolute atomic E-state index is 12.6. The van der Waals surface area contributed by atoms with Crippen molar-refractivity contribution in [3.8, 4) is 0 Å². The molecule has 0 aromatic heterocycles. The molecule has 122 valence electrons. The molecule has 7 heteroatoms. The lowest BCUT2D eigenvalue weighted by Gasteiger charge is -2.36. The van der Waals surface area contributed by atoms with Gasteiger partial charge in [-0.15, -0.1) is 0 Å². The number of hydrogen-bond acceptors (Lipinski definition) is 4. The third-order valence-corrected chi connectivity index (χ3v) is 3.91. The van der Waals surface area contributed by atoms with Crippen molar-refractivity contribution < 1.29 is 19.4 Å². The van der Waals surface area contributed by atoms with E-state index in [1.54, 1.807) is 11.9 Å². The van der Waals surface area contributed by atoms with Crippen LogP contribution in [0.1, 0.15) is 13.8 Å². The van der Waals surface area contributed by atoms with Crippen LogP contribution >= 0.6 is 0 Å². The lowest BCUT2D eigenvalue weighted by molar-refractivity contribution is -0.142. The third-order valence-electron chi connectivity index (χ3n) is 3.91. The van der Waals surface area contributed by atoms with Gasteiger partial charge in [-0.2, -0.15) is 0 Å². The number of hydrogen-bond donors (Lipinski definition) is 1. The number of carboxylic acid groups (broad SMARTS) is 1. The van der Waals surface area contributed by atoms with Crippen molar-refractivity contribution in [3.63, 3.8) is 0 Å². The zero-order valence-electron chi connectivity index (χ0n) is 13.6. The maximum atomic E-state index is 12.6. The minimum absolute atomic E-state index is 0.0607. The minimum atomic E-state index is -0.915. The van der Waals surface area contributed by atoms with Crippen LogP contribution in [-0.4, -0.2) is 91.3 Å². The van der Waals surface area contributed by atoms with Gasteiger partial charge in [-0.25, -0.2) is 4.79 Å². The van der Waals surface area contributed by atoms with Gasteiger partial charge in [0, 0.05) is 26.2 Å². The molecule has 2 amide bonds. The summed E-state index contributed by atoms with van der Waals surface area (Å²) in [4.78, 5) is 29.2. The number of carbonyl (C=O) groups is 2. The van der Waals surface area contributed by atoms with E-state index in [1.165, 1.54) is 4.90 Å². The molecule has 7 nitrogen and oxygen atoms in total. The Morgan fingerprint density at radius 2 is 1.90 bits per heavy atom. The number of ether oxygens (including phenoxy) is 1. The van der Waals surface area contributed by atoms with E-state index in [-0.39, 0.29) is 25.3 Å². The highest BCUT2D eigenvalue weighted by Crippen LogP contribution is 2.20. The average molecular weight is 301 g/mol. The fourth-order valence-corrected chi connectivity index (χ4v) is 2.77. The van der Waals surface area contributed by atoms with Crippen LogP contribution in [0.3, 0.4) is 0 Å². The van der Waals surface area contributed by atoms with E-state index in [0.717, 1.165) is 6.54 Å². The van der Waals surface area contributed by atoms with Gasteiger partial charge in [-0.1, -0.05) is 0 Å². The van der Waals surface area contributed by atoms with Crippen LogP contribution in [-0.2, 0) is 9.53 Å². The first-order chi connectivity index (χ1) is 9.79. The molecule has 0 aromatic carbocycles. The van der Waals surface area contributed by atoms with E-state index in [9.17, 15) is 14.7 Å². The van der Waals surface area contributed by atoms with Gasteiger partial charge in [0.25, 0.3) is 0 Å². The minimum Gasteiger partial charge on any atom is -0.481 e. The quantitative estimate of drug-likeness (QED) is 0.769. The number of carbonyl (C=O) groups excluding carboxylic acids is 1. The summed E-state index contributed by atoms with van der Waals surface area (Å²) < 4.78 is 5.24. The summed E-state index contributed by atoms with van der Waals surface area (Å²) in [6.07, 6.45) is 0. The van der Waals surface area contributed by atoms with Gasteiger partial charge in [0.15, 0.2) is 0 Å².